The zero-order valence-electron chi connectivity index (χ0n) is 17.1. The van der Waals surface area contributed by atoms with Gasteiger partial charge >= 0.3 is 0 Å². The third-order valence-corrected chi connectivity index (χ3v) is 5.40. The number of carbonyl (C=O) groups excluding carboxylic acids is 1. The Morgan fingerprint density at radius 2 is 2.14 bits per heavy atom. The molecule has 6 nitrogen and oxygen atoms in total. The predicted molar refractivity (Wildman–Crippen MR) is 112 cm³/mol. The van der Waals surface area contributed by atoms with Crippen LogP contribution in [0.5, 0.6) is 0 Å². The molecular weight excluding hydrogens is 352 g/mol. The number of carbonyl (C=O) groups is 1. The van der Waals surface area contributed by atoms with E-state index in [2.05, 4.69) is 41.4 Å². The summed E-state index contributed by atoms with van der Waals surface area (Å²) in [5, 5.41) is 3.42. The minimum atomic E-state index is 0.300. The number of hydrogen-bond donors (Lipinski definition) is 1. The molecule has 2 saturated heterocycles. The van der Waals surface area contributed by atoms with Gasteiger partial charge in [0.2, 0.25) is 5.91 Å². The standard InChI is InChI=1S/C22H34N4O2/c1-2-23-22(24-12-7-14-25-13-6-10-21(25)27)26-15-11-20(16-26)18-28-17-19-8-4-3-5-9-19/h3-5,8-9,20H,2,6-7,10-18H2,1H3,(H,23,24). The van der Waals surface area contributed by atoms with E-state index in [1.165, 1.54) is 5.56 Å². The highest BCUT2D eigenvalue weighted by Crippen LogP contribution is 2.17. The minimum absolute atomic E-state index is 0.300. The summed E-state index contributed by atoms with van der Waals surface area (Å²) in [6.45, 7) is 8.97. The van der Waals surface area contributed by atoms with Crippen LogP contribution in [-0.4, -0.2) is 67.5 Å². The van der Waals surface area contributed by atoms with Gasteiger partial charge < -0.3 is 19.9 Å². The van der Waals surface area contributed by atoms with Crippen molar-refractivity contribution in [2.45, 2.75) is 39.2 Å². The lowest BCUT2D eigenvalue weighted by Gasteiger charge is -2.22. The van der Waals surface area contributed by atoms with Gasteiger partial charge in [-0.1, -0.05) is 30.3 Å². The summed E-state index contributed by atoms with van der Waals surface area (Å²) in [5.74, 6) is 1.85. The van der Waals surface area contributed by atoms with Gasteiger partial charge in [0.05, 0.1) is 13.2 Å². The highest BCUT2D eigenvalue weighted by Gasteiger charge is 2.25. The number of benzene rings is 1. The summed E-state index contributed by atoms with van der Waals surface area (Å²) < 4.78 is 5.93. The van der Waals surface area contributed by atoms with Gasteiger partial charge in [0.25, 0.3) is 0 Å². The van der Waals surface area contributed by atoms with E-state index in [1.54, 1.807) is 0 Å². The third kappa shape index (κ3) is 6.23. The largest absolute Gasteiger partial charge is 0.376 e. The Hall–Kier alpha value is -2.08. The van der Waals surface area contributed by atoms with E-state index in [0.29, 0.717) is 24.9 Å². The molecule has 0 spiro atoms. The fourth-order valence-corrected chi connectivity index (χ4v) is 3.89. The van der Waals surface area contributed by atoms with E-state index >= 15 is 0 Å². The van der Waals surface area contributed by atoms with E-state index in [0.717, 1.165) is 71.1 Å². The molecule has 0 aromatic heterocycles. The lowest BCUT2D eigenvalue weighted by atomic mass is 10.1. The summed E-state index contributed by atoms with van der Waals surface area (Å²) in [4.78, 5) is 20.8. The maximum atomic E-state index is 11.7. The second-order valence-corrected chi connectivity index (χ2v) is 7.67. The van der Waals surface area contributed by atoms with Crippen LogP contribution in [0.4, 0.5) is 0 Å². The molecule has 2 aliphatic rings. The van der Waals surface area contributed by atoms with Gasteiger partial charge in [-0.25, -0.2) is 0 Å². The molecule has 28 heavy (non-hydrogen) atoms. The maximum absolute atomic E-state index is 11.7. The highest BCUT2D eigenvalue weighted by atomic mass is 16.5. The van der Waals surface area contributed by atoms with Crippen LogP contribution in [0.3, 0.4) is 0 Å². The number of nitrogens with one attached hydrogen (secondary N) is 1. The van der Waals surface area contributed by atoms with Crippen LogP contribution in [0.25, 0.3) is 0 Å². The zero-order valence-corrected chi connectivity index (χ0v) is 17.1. The van der Waals surface area contributed by atoms with Crippen LogP contribution in [0.15, 0.2) is 35.3 Å². The van der Waals surface area contributed by atoms with Crippen molar-refractivity contribution in [2.24, 2.45) is 10.9 Å². The van der Waals surface area contributed by atoms with Gasteiger partial charge in [-0.15, -0.1) is 0 Å². The second-order valence-electron chi connectivity index (χ2n) is 7.67. The van der Waals surface area contributed by atoms with Crippen molar-refractivity contribution in [2.75, 3.05) is 45.9 Å². The van der Waals surface area contributed by atoms with Gasteiger partial charge in [-0.3, -0.25) is 9.79 Å². The number of likely N-dealkylation sites (tertiary alicyclic amines) is 2. The zero-order chi connectivity index (χ0) is 19.6. The average Bonchev–Trinajstić information content (AvgIpc) is 3.34. The Bertz CT molecular complexity index is 635. The molecule has 0 radical (unpaired) electrons. The molecule has 1 N–H and O–H groups in total. The van der Waals surface area contributed by atoms with Crippen LogP contribution in [0.2, 0.25) is 0 Å². The van der Waals surface area contributed by atoms with Crippen molar-refractivity contribution < 1.29 is 9.53 Å². The summed E-state index contributed by atoms with van der Waals surface area (Å²) in [7, 11) is 0. The predicted octanol–water partition coefficient (Wildman–Crippen LogP) is 2.50. The van der Waals surface area contributed by atoms with Crippen LogP contribution in [0.1, 0.15) is 38.2 Å². The topological polar surface area (TPSA) is 57.2 Å². The van der Waals surface area contributed by atoms with E-state index < -0.39 is 0 Å². The Kier molecular flexibility index (Phi) is 8.15. The van der Waals surface area contributed by atoms with Gasteiger partial charge in [0, 0.05) is 51.6 Å². The monoisotopic (exact) mass is 386 g/mol. The number of guanidine groups is 1. The number of amides is 1. The van der Waals surface area contributed by atoms with Crippen molar-refractivity contribution in [3.8, 4) is 0 Å². The Morgan fingerprint density at radius 3 is 2.89 bits per heavy atom. The number of ether oxygens (including phenoxy) is 1. The van der Waals surface area contributed by atoms with Crippen molar-refractivity contribution in [3.05, 3.63) is 35.9 Å². The van der Waals surface area contributed by atoms with E-state index in [1.807, 2.05) is 11.0 Å². The molecule has 1 amide bonds. The van der Waals surface area contributed by atoms with E-state index in [-0.39, 0.29) is 0 Å². The quantitative estimate of drug-likeness (QED) is 0.402. The van der Waals surface area contributed by atoms with Crippen LogP contribution >= 0.6 is 0 Å². The summed E-state index contributed by atoms with van der Waals surface area (Å²) in [6, 6.07) is 10.3. The molecule has 1 aromatic rings. The van der Waals surface area contributed by atoms with Crippen LogP contribution in [0, 0.1) is 5.92 Å². The average molecular weight is 387 g/mol. The Labute approximate surface area is 168 Å². The van der Waals surface area contributed by atoms with Crippen LogP contribution in [-0.2, 0) is 16.1 Å². The molecule has 3 rings (SSSR count). The Morgan fingerprint density at radius 1 is 1.29 bits per heavy atom. The lowest BCUT2D eigenvalue weighted by molar-refractivity contribution is -0.127. The number of hydrogen-bond acceptors (Lipinski definition) is 3. The molecule has 0 aliphatic carbocycles. The first kappa shape index (κ1) is 20.6. The van der Waals surface area contributed by atoms with Gasteiger partial charge in [0.1, 0.15) is 0 Å². The summed E-state index contributed by atoms with van der Waals surface area (Å²) in [5.41, 5.74) is 1.23. The third-order valence-electron chi connectivity index (χ3n) is 5.40. The minimum Gasteiger partial charge on any atom is -0.376 e. The summed E-state index contributed by atoms with van der Waals surface area (Å²) in [6.07, 6.45) is 3.79. The number of nitrogens with zero attached hydrogens (tertiary/aromatic N) is 3. The lowest BCUT2D eigenvalue weighted by Crippen LogP contribution is -2.40. The number of aliphatic imine (C=N–C) groups is 1. The second kappa shape index (κ2) is 11.1. The molecule has 1 atom stereocenters. The molecule has 6 heteroatoms. The van der Waals surface area contributed by atoms with E-state index in [4.69, 9.17) is 9.73 Å². The molecule has 0 bridgehead atoms. The molecule has 2 aliphatic heterocycles. The highest BCUT2D eigenvalue weighted by molar-refractivity contribution is 5.80. The normalized spacial score (nSPS) is 20.2. The van der Waals surface area contributed by atoms with Crippen molar-refractivity contribution in [1.82, 2.24) is 15.1 Å². The maximum Gasteiger partial charge on any atom is 0.222 e. The molecule has 0 saturated carbocycles. The van der Waals surface area contributed by atoms with E-state index in [9.17, 15) is 4.79 Å². The molecule has 2 heterocycles. The van der Waals surface area contributed by atoms with Gasteiger partial charge in [-0.2, -0.15) is 0 Å². The van der Waals surface area contributed by atoms with Gasteiger partial charge in [0.15, 0.2) is 5.96 Å². The van der Waals surface area contributed by atoms with Crippen molar-refractivity contribution in [1.29, 1.82) is 0 Å². The molecule has 1 aromatic carbocycles. The SMILES string of the molecule is CCNC(=NCCCN1CCCC1=O)N1CCC(COCc2ccccc2)C1. The first-order valence-electron chi connectivity index (χ1n) is 10.7. The fraction of sp³-hybridized carbons (Fsp3) is 0.636. The van der Waals surface area contributed by atoms with Crippen molar-refractivity contribution in [3.63, 3.8) is 0 Å². The first-order valence-corrected chi connectivity index (χ1v) is 10.7. The van der Waals surface area contributed by atoms with Crippen molar-refractivity contribution >= 4 is 11.9 Å². The number of rotatable bonds is 9. The molecule has 154 valence electrons. The fourth-order valence-electron chi connectivity index (χ4n) is 3.89. The molecular formula is C22H34N4O2. The smallest absolute Gasteiger partial charge is 0.222 e. The Balaban J connectivity index is 1.39. The molecule has 2 fully saturated rings. The van der Waals surface area contributed by atoms with Gasteiger partial charge in [-0.05, 0) is 31.7 Å². The van der Waals surface area contributed by atoms with Crippen LogP contribution < -0.4 is 5.32 Å². The first-order chi connectivity index (χ1) is 13.8. The molecule has 1 unspecified atom stereocenters. The summed E-state index contributed by atoms with van der Waals surface area (Å²) >= 11 is 0.